The first-order valence-corrected chi connectivity index (χ1v) is 6.78. The van der Waals surface area contributed by atoms with Crippen LogP contribution in [0.4, 0.5) is 0 Å². The second-order valence-electron chi connectivity index (χ2n) is 4.70. The molecule has 1 aliphatic carbocycles. The van der Waals surface area contributed by atoms with E-state index in [0.29, 0.717) is 11.7 Å². The lowest BCUT2D eigenvalue weighted by Gasteiger charge is -2.26. The van der Waals surface area contributed by atoms with Crippen LogP contribution in [0.2, 0.25) is 0 Å². The van der Waals surface area contributed by atoms with Crippen LogP contribution >= 0.6 is 11.6 Å². The summed E-state index contributed by atoms with van der Waals surface area (Å²) in [5, 5.41) is 3.86. The summed E-state index contributed by atoms with van der Waals surface area (Å²) in [6.07, 6.45) is 2.88. The number of alkyl halides is 1. The summed E-state index contributed by atoms with van der Waals surface area (Å²) < 4.78 is 5.35. The summed E-state index contributed by atoms with van der Waals surface area (Å²) in [5.41, 5.74) is 2.67. The molecule has 1 aromatic heterocycles. The standard InChI is InChI=1S/C14H15ClN2O/c1-2-5-12(15)13-16-14(18-17-13)11-8-9-6-3-4-7-10(9)11/h3-4,6-7,11-12H,2,5,8H2,1H3. The highest BCUT2D eigenvalue weighted by atomic mass is 35.5. The highest BCUT2D eigenvalue weighted by Gasteiger charge is 2.32. The summed E-state index contributed by atoms with van der Waals surface area (Å²) in [6, 6.07) is 8.37. The fraction of sp³-hybridized carbons (Fsp3) is 0.429. The zero-order valence-electron chi connectivity index (χ0n) is 10.3. The highest BCUT2D eigenvalue weighted by Crippen LogP contribution is 2.39. The van der Waals surface area contributed by atoms with Gasteiger partial charge < -0.3 is 4.52 Å². The molecule has 3 rings (SSSR count). The molecule has 0 saturated heterocycles. The fourth-order valence-corrected chi connectivity index (χ4v) is 2.68. The van der Waals surface area contributed by atoms with E-state index in [0.717, 1.165) is 19.3 Å². The molecule has 0 bridgehead atoms. The zero-order valence-corrected chi connectivity index (χ0v) is 11.0. The Labute approximate surface area is 111 Å². The van der Waals surface area contributed by atoms with Crippen LogP contribution in [-0.4, -0.2) is 10.1 Å². The van der Waals surface area contributed by atoms with Crippen LogP contribution in [0.25, 0.3) is 0 Å². The van der Waals surface area contributed by atoms with Crippen LogP contribution in [-0.2, 0) is 6.42 Å². The number of hydrogen-bond donors (Lipinski definition) is 0. The molecule has 0 saturated carbocycles. The third kappa shape index (κ3) is 1.93. The van der Waals surface area contributed by atoms with E-state index in [4.69, 9.17) is 16.1 Å². The van der Waals surface area contributed by atoms with Crippen molar-refractivity contribution in [2.75, 3.05) is 0 Å². The monoisotopic (exact) mass is 262 g/mol. The predicted molar refractivity (Wildman–Crippen MR) is 69.8 cm³/mol. The molecule has 4 heteroatoms. The van der Waals surface area contributed by atoms with Crippen LogP contribution in [0.15, 0.2) is 28.8 Å². The smallest absolute Gasteiger partial charge is 0.234 e. The van der Waals surface area contributed by atoms with Crippen LogP contribution in [0.1, 0.15) is 53.9 Å². The van der Waals surface area contributed by atoms with E-state index in [2.05, 4.69) is 35.3 Å². The average Bonchev–Trinajstić information content (AvgIpc) is 2.80. The summed E-state index contributed by atoms with van der Waals surface area (Å²) in [7, 11) is 0. The number of fused-ring (bicyclic) bond motifs is 1. The van der Waals surface area contributed by atoms with Crippen molar-refractivity contribution in [2.24, 2.45) is 0 Å². The normalized spacial score (nSPS) is 19.1. The number of hydrogen-bond acceptors (Lipinski definition) is 3. The molecule has 0 amide bonds. The van der Waals surface area contributed by atoms with Gasteiger partial charge in [-0.15, -0.1) is 11.6 Å². The number of nitrogens with zero attached hydrogens (tertiary/aromatic N) is 2. The highest BCUT2D eigenvalue weighted by molar-refractivity contribution is 6.20. The summed E-state index contributed by atoms with van der Waals surface area (Å²) in [5.74, 6) is 1.58. The van der Waals surface area contributed by atoms with Gasteiger partial charge in [0.1, 0.15) is 0 Å². The molecule has 18 heavy (non-hydrogen) atoms. The van der Waals surface area contributed by atoms with Gasteiger partial charge in [-0.05, 0) is 24.0 Å². The minimum absolute atomic E-state index is 0.136. The topological polar surface area (TPSA) is 38.9 Å². The number of benzene rings is 1. The van der Waals surface area contributed by atoms with Crippen molar-refractivity contribution in [1.82, 2.24) is 10.1 Å². The summed E-state index contributed by atoms with van der Waals surface area (Å²) in [6.45, 7) is 2.10. The molecule has 0 fully saturated rings. The minimum atomic E-state index is -0.136. The van der Waals surface area contributed by atoms with E-state index in [-0.39, 0.29) is 11.3 Å². The van der Waals surface area contributed by atoms with Gasteiger partial charge in [-0.3, -0.25) is 0 Å². The van der Waals surface area contributed by atoms with Crippen molar-refractivity contribution >= 4 is 11.6 Å². The first kappa shape index (κ1) is 11.7. The molecule has 3 nitrogen and oxygen atoms in total. The Bertz CT molecular complexity index is 552. The molecule has 0 aliphatic heterocycles. The average molecular weight is 263 g/mol. The molecule has 0 radical (unpaired) electrons. The number of rotatable bonds is 4. The fourth-order valence-electron chi connectivity index (χ4n) is 2.38. The predicted octanol–water partition coefficient (Wildman–Crippen LogP) is 3.84. The van der Waals surface area contributed by atoms with Crippen molar-refractivity contribution in [3.63, 3.8) is 0 Å². The molecule has 2 aromatic rings. The van der Waals surface area contributed by atoms with E-state index in [1.807, 2.05) is 6.07 Å². The summed E-state index contributed by atoms with van der Waals surface area (Å²) >= 11 is 6.20. The molecule has 2 unspecified atom stereocenters. The molecule has 0 N–H and O–H groups in total. The van der Waals surface area contributed by atoms with Crippen molar-refractivity contribution in [2.45, 2.75) is 37.5 Å². The third-order valence-electron chi connectivity index (χ3n) is 3.43. The van der Waals surface area contributed by atoms with Crippen LogP contribution < -0.4 is 0 Å². The van der Waals surface area contributed by atoms with Gasteiger partial charge in [-0.2, -0.15) is 4.98 Å². The van der Waals surface area contributed by atoms with Crippen LogP contribution in [0.3, 0.4) is 0 Å². The van der Waals surface area contributed by atoms with Crippen molar-refractivity contribution in [3.8, 4) is 0 Å². The largest absolute Gasteiger partial charge is 0.339 e. The molecule has 94 valence electrons. The first-order valence-electron chi connectivity index (χ1n) is 6.35. The van der Waals surface area contributed by atoms with Gasteiger partial charge in [0.05, 0.1) is 11.3 Å². The lowest BCUT2D eigenvalue weighted by Crippen LogP contribution is -2.18. The number of aromatic nitrogens is 2. The Balaban J connectivity index is 1.80. The Morgan fingerprint density at radius 2 is 2.28 bits per heavy atom. The zero-order chi connectivity index (χ0) is 12.5. The van der Waals surface area contributed by atoms with Gasteiger partial charge >= 0.3 is 0 Å². The maximum Gasteiger partial charge on any atom is 0.234 e. The van der Waals surface area contributed by atoms with E-state index >= 15 is 0 Å². The Hall–Kier alpha value is -1.35. The third-order valence-corrected chi connectivity index (χ3v) is 3.85. The Morgan fingerprint density at radius 3 is 3.06 bits per heavy atom. The van der Waals surface area contributed by atoms with Crippen LogP contribution in [0.5, 0.6) is 0 Å². The van der Waals surface area contributed by atoms with E-state index in [9.17, 15) is 0 Å². The van der Waals surface area contributed by atoms with Crippen LogP contribution in [0, 0.1) is 0 Å². The maximum atomic E-state index is 6.20. The molecular formula is C14H15ClN2O. The quantitative estimate of drug-likeness (QED) is 0.786. The molecule has 1 aliphatic rings. The van der Waals surface area contributed by atoms with Gasteiger partial charge in [0.2, 0.25) is 5.89 Å². The van der Waals surface area contributed by atoms with E-state index < -0.39 is 0 Å². The molecule has 1 heterocycles. The van der Waals surface area contributed by atoms with Gasteiger partial charge in [0.25, 0.3) is 0 Å². The lowest BCUT2D eigenvalue weighted by atomic mass is 9.77. The van der Waals surface area contributed by atoms with Gasteiger partial charge in [-0.1, -0.05) is 42.8 Å². The minimum Gasteiger partial charge on any atom is -0.339 e. The molecular weight excluding hydrogens is 248 g/mol. The van der Waals surface area contributed by atoms with Crippen molar-refractivity contribution in [3.05, 3.63) is 47.1 Å². The van der Waals surface area contributed by atoms with Gasteiger partial charge in [0.15, 0.2) is 5.82 Å². The van der Waals surface area contributed by atoms with Crippen molar-refractivity contribution in [1.29, 1.82) is 0 Å². The summed E-state index contributed by atoms with van der Waals surface area (Å²) in [4.78, 5) is 4.44. The molecule has 1 aromatic carbocycles. The van der Waals surface area contributed by atoms with Gasteiger partial charge in [-0.25, -0.2) is 0 Å². The SMILES string of the molecule is CCCC(Cl)c1noc(C2Cc3ccccc32)n1. The van der Waals surface area contributed by atoms with Gasteiger partial charge in [0, 0.05) is 0 Å². The number of halogens is 1. The maximum absolute atomic E-state index is 6.20. The molecule has 2 atom stereocenters. The van der Waals surface area contributed by atoms with E-state index in [1.165, 1.54) is 11.1 Å². The van der Waals surface area contributed by atoms with E-state index in [1.54, 1.807) is 0 Å². The Morgan fingerprint density at radius 1 is 1.44 bits per heavy atom. The first-order chi connectivity index (χ1) is 8.79. The van der Waals surface area contributed by atoms with Crippen molar-refractivity contribution < 1.29 is 4.52 Å². The molecule has 0 spiro atoms. The Kier molecular flexibility index (Phi) is 3.08. The second kappa shape index (κ2) is 4.73. The second-order valence-corrected chi connectivity index (χ2v) is 5.23. The lowest BCUT2D eigenvalue weighted by molar-refractivity contribution is 0.351.